The number of nitrogens with one attached hydrogen (secondary N) is 2. The zero-order valence-electron chi connectivity index (χ0n) is 23.1. The van der Waals surface area contributed by atoms with E-state index < -0.39 is 30.3 Å². The summed E-state index contributed by atoms with van der Waals surface area (Å²) in [4.78, 5) is 50.9. The third-order valence-corrected chi connectivity index (χ3v) is 8.04. The lowest BCUT2D eigenvalue weighted by molar-refractivity contribution is -0.136. The minimum atomic E-state index is -0.667. The number of imide groups is 1. The fraction of sp³-hybridized carbons (Fsp3) is 0.400. The molecule has 3 aliphatic rings. The molecular formula is C30H32BN3O6. The molecule has 2 fully saturated rings. The van der Waals surface area contributed by atoms with Gasteiger partial charge in [-0.3, -0.25) is 24.5 Å². The fourth-order valence-electron chi connectivity index (χ4n) is 4.97. The Labute approximate surface area is 234 Å². The lowest BCUT2D eigenvalue weighted by Crippen LogP contribution is -2.52. The van der Waals surface area contributed by atoms with Crippen LogP contribution < -0.4 is 16.1 Å². The molecule has 1 unspecified atom stereocenters. The van der Waals surface area contributed by atoms with E-state index in [4.69, 9.17) is 9.31 Å². The molecule has 0 saturated carbocycles. The van der Waals surface area contributed by atoms with Crippen LogP contribution in [0.4, 0.5) is 0 Å². The van der Waals surface area contributed by atoms with E-state index in [2.05, 4.69) is 22.5 Å². The van der Waals surface area contributed by atoms with Crippen molar-refractivity contribution in [2.75, 3.05) is 6.54 Å². The Morgan fingerprint density at radius 2 is 1.77 bits per heavy atom. The van der Waals surface area contributed by atoms with E-state index in [0.717, 1.165) is 11.0 Å². The van der Waals surface area contributed by atoms with Crippen LogP contribution in [-0.4, -0.2) is 59.4 Å². The van der Waals surface area contributed by atoms with Crippen molar-refractivity contribution in [1.29, 1.82) is 0 Å². The number of benzene rings is 2. The molecule has 3 aliphatic heterocycles. The maximum atomic E-state index is 13.0. The van der Waals surface area contributed by atoms with Crippen LogP contribution in [0.15, 0.2) is 42.5 Å². The molecule has 2 aromatic carbocycles. The van der Waals surface area contributed by atoms with Crippen molar-refractivity contribution >= 4 is 36.2 Å². The maximum Gasteiger partial charge on any atom is 0.494 e. The van der Waals surface area contributed by atoms with Crippen LogP contribution in [0.2, 0.25) is 0 Å². The number of hydrogen-bond donors (Lipinski definition) is 2. The van der Waals surface area contributed by atoms with Crippen molar-refractivity contribution < 1.29 is 28.5 Å². The topological polar surface area (TPSA) is 114 Å². The van der Waals surface area contributed by atoms with Crippen LogP contribution in [0.1, 0.15) is 78.8 Å². The summed E-state index contributed by atoms with van der Waals surface area (Å²) in [7, 11) is -0.483. The molecule has 2 aromatic rings. The molecule has 0 radical (unpaired) electrons. The van der Waals surface area contributed by atoms with E-state index in [1.807, 2.05) is 45.9 Å². The van der Waals surface area contributed by atoms with Crippen LogP contribution in [0, 0.1) is 11.8 Å². The SMILES string of the molecule is CC1(C)OB(c2ccc(C(=O)NCCC#Cc3cccc4c3CN(C3CCC(=O)NC3=O)C4=O)cc2)OC1(C)C. The van der Waals surface area contributed by atoms with Crippen LogP contribution in [0.5, 0.6) is 0 Å². The number of nitrogens with zero attached hydrogens (tertiary/aromatic N) is 1. The van der Waals surface area contributed by atoms with Crippen LogP contribution >= 0.6 is 0 Å². The molecule has 1 atom stereocenters. The summed E-state index contributed by atoms with van der Waals surface area (Å²) in [6.07, 6.45) is 0.942. The smallest absolute Gasteiger partial charge is 0.399 e. The van der Waals surface area contributed by atoms with Gasteiger partial charge < -0.3 is 19.5 Å². The Bertz CT molecular complexity index is 1420. The number of carbonyl (C=O) groups is 4. The lowest BCUT2D eigenvalue weighted by Gasteiger charge is -2.32. The van der Waals surface area contributed by atoms with Crippen molar-refractivity contribution in [3.05, 3.63) is 64.7 Å². The van der Waals surface area contributed by atoms with E-state index >= 15 is 0 Å². The first-order valence-corrected chi connectivity index (χ1v) is 13.5. The second kappa shape index (κ2) is 10.6. The van der Waals surface area contributed by atoms with Crippen molar-refractivity contribution in [1.82, 2.24) is 15.5 Å². The normalized spacial score (nSPS) is 21.0. The first-order valence-electron chi connectivity index (χ1n) is 13.5. The highest BCUT2D eigenvalue weighted by Gasteiger charge is 2.51. The number of piperidine rings is 1. The quantitative estimate of drug-likeness (QED) is 0.259. The largest absolute Gasteiger partial charge is 0.494 e. The minimum absolute atomic E-state index is 0.201. The molecule has 206 valence electrons. The van der Waals surface area contributed by atoms with Crippen molar-refractivity contribution in [3.63, 3.8) is 0 Å². The second-order valence-corrected chi connectivity index (χ2v) is 11.2. The molecule has 0 spiro atoms. The number of rotatable bonds is 5. The Balaban J connectivity index is 1.15. The van der Waals surface area contributed by atoms with Gasteiger partial charge in [-0.15, -0.1) is 0 Å². The summed E-state index contributed by atoms with van der Waals surface area (Å²) in [5, 5.41) is 5.19. The molecule has 0 aliphatic carbocycles. The molecule has 9 nitrogen and oxygen atoms in total. The second-order valence-electron chi connectivity index (χ2n) is 11.2. The zero-order valence-corrected chi connectivity index (χ0v) is 23.1. The van der Waals surface area contributed by atoms with E-state index in [1.165, 1.54) is 4.90 Å². The van der Waals surface area contributed by atoms with Gasteiger partial charge in [0.15, 0.2) is 0 Å². The molecule has 3 heterocycles. The van der Waals surface area contributed by atoms with E-state index in [9.17, 15) is 19.2 Å². The van der Waals surface area contributed by atoms with Gasteiger partial charge in [0.1, 0.15) is 6.04 Å². The summed E-state index contributed by atoms with van der Waals surface area (Å²) < 4.78 is 12.1. The Kier molecular flexibility index (Phi) is 7.30. The van der Waals surface area contributed by atoms with Crippen LogP contribution in [-0.2, 0) is 25.4 Å². The number of fused-ring (bicyclic) bond motifs is 1. The summed E-state index contributed by atoms with van der Waals surface area (Å²) in [5.74, 6) is 4.99. The monoisotopic (exact) mass is 541 g/mol. The third kappa shape index (κ3) is 5.27. The van der Waals surface area contributed by atoms with Crippen LogP contribution in [0.25, 0.3) is 0 Å². The van der Waals surface area contributed by atoms with Crippen LogP contribution in [0.3, 0.4) is 0 Å². The Morgan fingerprint density at radius 3 is 2.45 bits per heavy atom. The standard InChI is InChI=1S/C30H32BN3O6/c1-29(2)30(3,4)40-31(39-29)21-13-11-20(12-14-21)26(36)32-17-6-5-8-19-9-7-10-22-23(19)18-34(28(22)38)24-15-16-25(35)33-27(24)37/h7,9-14,24H,6,15-18H2,1-4H3,(H,32,36)(H,33,35,37). The Morgan fingerprint density at radius 1 is 1.07 bits per heavy atom. The van der Waals surface area contributed by atoms with Crippen molar-refractivity contribution in [2.45, 2.75) is 70.7 Å². The average molecular weight is 541 g/mol. The van der Waals surface area contributed by atoms with Crippen molar-refractivity contribution in [2.24, 2.45) is 0 Å². The highest BCUT2D eigenvalue weighted by molar-refractivity contribution is 6.62. The molecule has 0 aromatic heterocycles. The molecule has 2 saturated heterocycles. The predicted octanol–water partition coefficient (Wildman–Crippen LogP) is 1.92. The van der Waals surface area contributed by atoms with Gasteiger partial charge in [0.2, 0.25) is 11.8 Å². The summed E-state index contributed by atoms with van der Waals surface area (Å²) in [5.41, 5.74) is 2.52. The van der Waals surface area contributed by atoms with Gasteiger partial charge in [0, 0.05) is 42.6 Å². The van der Waals surface area contributed by atoms with E-state index in [-0.39, 0.29) is 30.7 Å². The molecule has 5 rings (SSSR count). The molecule has 40 heavy (non-hydrogen) atoms. The number of carbonyl (C=O) groups excluding carboxylic acids is 4. The molecule has 4 amide bonds. The first-order chi connectivity index (χ1) is 19.0. The summed E-state index contributed by atoms with van der Waals surface area (Å²) in [6, 6.07) is 11.8. The zero-order chi connectivity index (χ0) is 28.7. The number of amides is 4. The van der Waals surface area contributed by atoms with Gasteiger partial charge in [-0.2, -0.15) is 0 Å². The van der Waals surface area contributed by atoms with Gasteiger partial charge in [-0.1, -0.05) is 30.0 Å². The highest BCUT2D eigenvalue weighted by atomic mass is 16.7. The maximum absolute atomic E-state index is 13.0. The van der Waals surface area contributed by atoms with Gasteiger partial charge in [-0.25, -0.2) is 0 Å². The lowest BCUT2D eigenvalue weighted by atomic mass is 9.79. The first kappa shape index (κ1) is 27.6. The Hall–Kier alpha value is -3.94. The van der Waals surface area contributed by atoms with Gasteiger partial charge in [0.05, 0.1) is 11.2 Å². The third-order valence-electron chi connectivity index (χ3n) is 8.04. The van der Waals surface area contributed by atoms with Gasteiger partial charge in [0.25, 0.3) is 11.8 Å². The van der Waals surface area contributed by atoms with E-state index in [1.54, 1.807) is 24.3 Å². The fourth-order valence-corrected chi connectivity index (χ4v) is 4.97. The number of hydrogen-bond acceptors (Lipinski definition) is 6. The molecule has 2 N–H and O–H groups in total. The van der Waals surface area contributed by atoms with Crippen molar-refractivity contribution in [3.8, 4) is 11.8 Å². The van der Waals surface area contributed by atoms with E-state index in [0.29, 0.717) is 36.1 Å². The summed E-state index contributed by atoms with van der Waals surface area (Å²) >= 11 is 0. The average Bonchev–Trinajstić information content (AvgIpc) is 3.35. The molecular weight excluding hydrogens is 509 g/mol. The van der Waals surface area contributed by atoms with Gasteiger partial charge in [-0.05, 0) is 69.4 Å². The highest BCUT2D eigenvalue weighted by Crippen LogP contribution is 2.36. The molecule has 10 heteroatoms. The van der Waals surface area contributed by atoms with Gasteiger partial charge >= 0.3 is 7.12 Å². The summed E-state index contributed by atoms with van der Waals surface area (Å²) in [6.45, 7) is 8.62. The predicted molar refractivity (Wildman–Crippen MR) is 148 cm³/mol. The minimum Gasteiger partial charge on any atom is -0.399 e. The molecule has 0 bridgehead atoms.